The molecule has 10 heteroatoms. The molecule has 0 heterocycles. The van der Waals surface area contributed by atoms with E-state index in [-0.39, 0.29) is 25.3 Å². The van der Waals surface area contributed by atoms with Crippen LogP contribution in [0.25, 0.3) is 0 Å². The number of carbonyl (C=O) groups excluding carboxylic acids is 1. The number of carboxylic acids is 1. The van der Waals surface area contributed by atoms with Gasteiger partial charge in [-0.2, -0.15) is 13.2 Å². The molecule has 0 radical (unpaired) electrons. The van der Waals surface area contributed by atoms with Crippen LogP contribution in [0, 0.1) is 0 Å². The minimum absolute atomic E-state index is 0.0197. The Morgan fingerprint density at radius 2 is 1.83 bits per heavy atom. The highest BCUT2D eigenvalue weighted by Crippen LogP contribution is 2.36. The molecule has 2 aromatic carbocycles. The number of urea groups is 1. The number of rotatable bonds is 8. The molecular formula is C20H20ClF3N2O4. The molecule has 30 heavy (non-hydrogen) atoms. The number of amides is 2. The largest absolute Gasteiger partial charge is 0.494 e. The van der Waals surface area contributed by atoms with Crippen molar-refractivity contribution in [3.05, 3.63) is 58.6 Å². The van der Waals surface area contributed by atoms with Gasteiger partial charge in [-0.15, -0.1) is 0 Å². The standard InChI is InChI=1S/C20H20ClF3N2O4/c1-26(12-13-4-7-15(8-5-13)30-10-2-3-18(27)28)19(29)25-14-6-9-17(21)16(11-14)20(22,23)24/h4-9,11H,2-3,10,12H2,1H3,(H,25,29)(H,27,28). The smallest absolute Gasteiger partial charge is 0.417 e. The highest BCUT2D eigenvalue weighted by molar-refractivity contribution is 6.31. The zero-order chi connectivity index (χ0) is 22.3. The van der Waals surface area contributed by atoms with Crippen molar-refractivity contribution >= 4 is 29.3 Å². The number of carboxylic acid groups (broad SMARTS) is 1. The molecule has 0 unspecified atom stereocenters. The first-order valence-electron chi connectivity index (χ1n) is 8.88. The molecule has 0 aromatic heterocycles. The molecule has 0 saturated heterocycles. The fourth-order valence-corrected chi connectivity index (χ4v) is 2.71. The van der Waals surface area contributed by atoms with E-state index >= 15 is 0 Å². The van der Waals surface area contributed by atoms with E-state index in [4.69, 9.17) is 21.4 Å². The van der Waals surface area contributed by atoms with Crippen molar-refractivity contribution in [3.63, 3.8) is 0 Å². The van der Waals surface area contributed by atoms with Gasteiger partial charge in [-0.05, 0) is 42.3 Å². The van der Waals surface area contributed by atoms with Crippen molar-refractivity contribution in [3.8, 4) is 5.75 Å². The number of ether oxygens (including phenoxy) is 1. The molecule has 2 N–H and O–H groups in total. The van der Waals surface area contributed by atoms with Crippen LogP contribution < -0.4 is 10.1 Å². The summed E-state index contributed by atoms with van der Waals surface area (Å²) in [5.74, 6) is -0.319. The maximum absolute atomic E-state index is 12.9. The molecule has 2 amide bonds. The van der Waals surface area contributed by atoms with Gasteiger partial charge in [0.15, 0.2) is 0 Å². The van der Waals surface area contributed by atoms with E-state index in [0.29, 0.717) is 12.2 Å². The Morgan fingerprint density at radius 1 is 1.17 bits per heavy atom. The van der Waals surface area contributed by atoms with Crippen molar-refractivity contribution in [1.29, 1.82) is 0 Å². The van der Waals surface area contributed by atoms with Crippen LogP contribution in [-0.2, 0) is 17.5 Å². The Hall–Kier alpha value is -2.94. The second kappa shape index (κ2) is 10.2. The van der Waals surface area contributed by atoms with Crippen molar-refractivity contribution < 1.29 is 32.6 Å². The normalized spacial score (nSPS) is 11.1. The molecule has 0 atom stereocenters. The maximum Gasteiger partial charge on any atom is 0.417 e. The van der Waals surface area contributed by atoms with E-state index in [1.165, 1.54) is 18.0 Å². The Balaban J connectivity index is 1.90. The fraction of sp³-hybridized carbons (Fsp3) is 0.300. The lowest BCUT2D eigenvalue weighted by Crippen LogP contribution is -2.30. The van der Waals surface area contributed by atoms with Gasteiger partial charge in [0, 0.05) is 25.7 Å². The fourth-order valence-electron chi connectivity index (χ4n) is 2.49. The van der Waals surface area contributed by atoms with Gasteiger partial charge in [0.2, 0.25) is 0 Å². The second-order valence-corrected chi connectivity index (χ2v) is 6.88. The average molecular weight is 445 g/mol. The van der Waals surface area contributed by atoms with Crippen molar-refractivity contribution in [2.75, 3.05) is 19.0 Å². The van der Waals surface area contributed by atoms with Crippen molar-refractivity contribution in [1.82, 2.24) is 4.90 Å². The SMILES string of the molecule is CN(Cc1ccc(OCCCC(=O)O)cc1)C(=O)Nc1ccc(Cl)c(C(F)(F)F)c1. The van der Waals surface area contributed by atoms with Crippen LogP contribution in [0.1, 0.15) is 24.0 Å². The summed E-state index contributed by atoms with van der Waals surface area (Å²) in [6.07, 6.45) is -4.21. The first-order valence-corrected chi connectivity index (χ1v) is 9.26. The summed E-state index contributed by atoms with van der Waals surface area (Å²) < 4.78 is 44.2. The minimum Gasteiger partial charge on any atom is -0.494 e. The zero-order valence-corrected chi connectivity index (χ0v) is 16.8. The molecule has 6 nitrogen and oxygen atoms in total. The number of benzene rings is 2. The summed E-state index contributed by atoms with van der Waals surface area (Å²) >= 11 is 5.57. The first kappa shape index (κ1) is 23.3. The predicted octanol–water partition coefficient (Wildman–Crippen LogP) is 5.27. The summed E-state index contributed by atoms with van der Waals surface area (Å²) in [6, 6.07) is 9.42. The van der Waals surface area contributed by atoms with E-state index in [1.54, 1.807) is 24.3 Å². The molecule has 0 fully saturated rings. The summed E-state index contributed by atoms with van der Waals surface area (Å²) in [7, 11) is 1.51. The van der Waals surface area contributed by atoms with E-state index in [1.807, 2.05) is 0 Å². The van der Waals surface area contributed by atoms with E-state index < -0.39 is 28.8 Å². The van der Waals surface area contributed by atoms with Gasteiger partial charge in [-0.25, -0.2) is 4.79 Å². The molecular weight excluding hydrogens is 425 g/mol. The molecule has 2 rings (SSSR count). The van der Waals surface area contributed by atoms with E-state index in [9.17, 15) is 22.8 Å². The quantitative estimate of drug-likeness (QED) is 0.544. The number of nitrogens with one attached hydrogen (secondary N) is 1. The van der Waals surface area contributed by atoms with Gasteiger partial charge in [-0.1, -0.05) is 23.7 Å². The van der Waals surface area contributed by atoms with Crippen LogP contribution in [-0.4, -0.2) is 35.7 Å². The molecule has 0 bridgehead atoms. The summed E-state index contributed by atoms with van der Waals surface area (Å²) in [5, 5.41) is 10.5. The molecule has 0 aliphatic rings. The van der Waals surface area contributed by atoms with Crippen molar-refractivity contribution in [2.45, 2.75) is 25.6 Å². The van der Waals surface area contributed by atoms with Gasteiger partial charge in [0.25, 0.3) is 0 Å². The Labute approximate surface area is 176 Å². The maximum atomic E-state index is 12.9. The molecule has 0 aliphatic heterocycles. The van der Waals surface area contributed by atoms with Crippen LogP contribution in [0.4, 0.5) is 23.7 Å². The lowest BCUT2D eigenvalue weighted by molar-refractivity contribution is -0.138. The topological polar surface area (TPSA) is 78.9 Å². The molecule has 2 aromatic rings. The number of alkyl halides is 3. The summed E-state index contributed by atoms with van der Waals surface area (Å²) in [4.78, 5) is 24.1. The number of aliphatic carboxylic acids is 1. The third kappa shape index (κ3) is 7.14. The zero-order valence-electron chi connectivity index (χ0n) is 16.0. The number of hydrogen-bond acceptors (Lipinski definition) is 3. The average Bonchev–Trinajstić information content (AvgIpc) is 2.67. The van der Waals surface area contributed by atoms with Crippen LogP contribution >= 0.6 is 11.6 Å². The molecule has 0 saturated carbocycles. The van der Waals surface area contributed by atoms with Crippen LogP contribution in [0.3, 0.4) is 0 Å². The van der Waals surface area contributed by atoms with Gasteiger partial charge in [0.1, 0.15) is 5.75 Å². The third-order valence-corrected chi connectivity index (χ3v) is 4.35. The Bertz CT molecular complexity index is 889. The van der Waals surface area contributed by atoms with Gasteiger partial charge in [0.05, 0.1) is 17.2 Å². The summed E-state index contributed by atoms with van der Waals surface area (Å²) in [5.41, 5.74) is -0.269. The Morgan fingerprint density at radius 3 is 2.43 bits per heavy atom. The van der Waals surface area contributed by atoms with Crippen LogP contribution in [0.5, 0.6) is 5.75 Å². The van der Waals surface area contributed by atoms with Gasteiger partial charge >= 0.3 is 18.2 Å². The number of halogens is 4. The van der Waals surface area contributed by atoms with Gasteiger partial charge < -0.3 is 20.1 Å². The number of nitrogens with zero attached hydrogens (tertiary/aromatic N) is 1. The number of carbonyl (C=O) groups is 2. The van der Waals surface area contributed by atoms with Gasteiger partial charge in [-0.3, -0.25) is 4.79 Å². The predicted molar refractivity (Wildman–Crippen MR) is 106 cm³/mol. The van der Waals surface area contributed by atoms with E-state index in [2.05, 4.69) is 5.32 Å². The number of hydrogen-bond donors (Lipinski definition) is 2. The highest BCUT2D eigenvalue weighted by atomic mass is 35.5. The lowest BCUT2D eigenvalue weighted by atomic mass is 10.2. The van der Waals surface area contributed by atoms with E-state index in [0.717, 1.165) is 17.7 Å². The highest BCUT2D eigenvalue weighted by Gasteiger charge is 2.33. The molecule has 162 valence electrons. The third-order valence-electron chi connectivity index (χ3n) is 4.02. The molecule has 0 aliphatic carbocycles. The monoisotopic (exact) mass is 444 g/mol. The number of anilines is 1. The first-order chi connectivity index (χ1) is 14.1. The molecule has 0 spiro atoms. The van der Waals surface area contributed by atoms with Crippen LogP contribution in [0.15, 0.2) is 42.5 Å². The second-order valence-electron chi connectivity index (χ2n) is 6.47. The summed E-state index contributed by atoms with van der Waals surface area (Å²) in [6.45, 7) is 0.486. The lowest BCUT2D eigenvalue weighted by Gasteiger charge is -2.19. The Kier molecular flexibility index (Phi) is 7.93. The van der Waals surface area contributed by atoms with Crippen molar-refractivity contribution in [2.24, 2.45) is 0 Å². The minimum atomic E-state index is -4.62. The van der Waals surface area contributed by atoms with Crippen LogP contribution in [0.2, 0.25) is 5.02 Å².